The van der Waals surface area contributed by atoms with Crippen LogP contribution in [0.5, 0.6) is 0 Å². The molecule has 5 heteroatoms. The predicted octanol–water partition coefficient (Wildman–Crippen LogP) is 7.79. The van der Waals surface area contributed by atoms with E-state index in [0.29, 0.717) is 0 Å². The zero-order chi connectivity index (χ0) is 29.0. The maximum atomic E-state index is 5.23. The van der Waals surface area contributed by atoms with Crippen molar-refractivity contribution in [3.63, 3.8) is 0 Å². The van der Waals surface area contributed by atoms with E-state index in [1.165, 1.54) is 62.4 Å². The standard InChI is InChI=1S/C39H29BN4/c1-4-14-26(15-5-1)37-41-38(27-16-6-2-7-17-27)43-39(42-37)40-31-22-12-10-20-29(31)35-32(40)24-25-34-36(35)30-21-11-13-23-33(30)44(34)28-18-8-3-9-19-28/h1-9,11,13-19,21,23-25H,10,12,20,22H2. The van der Waals surface area contributed by atoms with Gasteiger partial charge in [0.2, 0.25) is 0 Å². The molecule has 0 N–H and O–H groups in total. The smallest absolute Gasteiger partial charge is 0.287 e. The molecule has 0 spiro atoms. The first-order valence-electron chi connectivity index (χ1n) is 15.6. The summed E-state index contributed by atoms with van der Waals surface area (Å²) in [4.78, 5) is 15.5. The van der Waals surface area contributed by atoms with Gasteiger partial charge in [-0.2, -0.15) is 0 Å². The fourth-order valence-electron chi connectivity index (χ4n) is 7.47. The van der Waals surface area contributed by atoms with E-state index in [1.807, 2.05) is 36.4 Å². The second kappa shape index (κ2) is 10.2. The van der Waals surface area contributed by atoms with Gasteiger partial charge in [-0.25, -0.2) is 15.0 Å². The number of nitrogens with zero attached hydrogens (tertiary/aromatic N) is 4. The number of aromatic nitrogens is 4. The molecule has 0 radical (unpaired) electrons. The van der Waals surface area contributed by atoms with Gasteiger partial charge in [0, 0.05) is 27.6 Å². The summed E-state index contributed by atoms with van der Waals surface area (Å²) in [7, 11) is 0. The third-order valence-electron chi connectivity index (χ3n) is 9.33. The average molecular weight is 565 g/mol. The van der Waals surface area contributed by atoms with E-state index < -0.39 is 0 Å². The summed E-state index contributed by atoms with van der Waals surface area (Å²) in [6.07, 6.45) is 4.56. The normalized spacial score (nSPS) is 14.3. The molecule has 3 heterocycles. The van der Waals surface area contributed by atoms with Gasteiger partial charge in [-0.05, 0) is 61.1 Å². The monoisotopic (exact) mass is 564 g/mol. The topological polar surface area (TPSA) is 43.6 Å². The van der Waals surface area contributed by atoms with Crippen molar-refractivity contribution in [1.29, 1.82) is 0 Å². The summed E-state index contributed by atoms with van der Waals surface area (Å²) in [6, 6.07) is 44.9. The number of hydrogen-bond donors (Lipinski definition) is 0. The number of benzene rings is 5. The summed E-state index contributed by atoms with van der Waals surface area (Å²) in [5, 5.41) is 2.64. The van der Waals surface area contributed by atoms with Crippen LogP contribution in [0.25, 0.3) is 55.8 Å². The van der Waals surface area contributed by atoms with Crippen LogP contribution in [0.1, 0.15) is 31.2 Å². The molecule has 7 aromatic rings. The van der Waals surface area contributed by atoms with Gasteiger partial charge in [-0.3, -0.25) is 0 Å². The Morgan fingerprint density at radius 1 is 0.545 bits per heavy atom. The van der Waals surface area contributed by atoms with Gasteiger partial charge in [-0.1, -0.05) is 114 Å². The highest BCUT2D eigenvalue weighted by Gasteiger charge is 2.40. The Morgan fingerprint density at radius 3 is 1.86 bits per heavy atom. The second-order valence-corrected chi connectivity index (χ2v) is 11.8. The maximum absolute atomic E-state index is 5.23. The van der Waals surface area contributed by atoms with Crippen LogP contribution in [0.2, 0.25) is 0 Å². The van der Waals surface area contributed by atoms with E-state index in [-0.39, 0.29) is 6.71 Å². The summed E-state index contributed by atoms with van der Waals surface area (Å²) in [5.74, 6) is 1.45. The molecule has 1 aliphatic heterocycles. The fourth-order valence-corrected chi connectivity index (χ4v) is 7.47. The molecule has 0 atom stereocenters. The van der Waals surface area contributed by atoms with Crippen LogP contribution >= 0.6 is 0 Å². The molecule has 2 aliphatic rings. The Morgan fingerprint density at radius 2 is 1.16 bits per heavy atom. The third kappa shape index (κ3) is 3.89. The van der Waals surface area contributed by atoms with Gasteiger partial charge in [0.1, 0.15) is 5.72 Å². The minimum atomic E-state index is 0.0106. The first kappa shape index (κ1) is 25.2. The molecule has 9 rings (SSSR count). The molecule has 0 saturated carbocycles. The minimum Gasteiger partial charge on any atom is -0.309 e. The van der Waals surface area contributed by atoms with Crippen LogP contribution in [-0.4, -0.2) is 26.2 Å². The van der Waals surface area contributed by atoms with E-state index in [4.69, 9.17) is 15.0 Å². The van der Waals surface area contributed by atoms with Crippen LogP contribution in [0, 0.1) is 0 Å². The highest BCUT2D eigenvalue weighted by atomic mass is 15.0. The van der Waals surface area contributed by atoms with E-state index >= 15 is 0 Å². The first-order chi connectivity index (χ1) is 21.8. The van der Waals surface area contributed by atoms with Crippen molar-refractivity contribution in [3.05, 3.63) is 138 Å². The summed E-state index contributed by atoms with van der Waals surface area (Å²) >= 11 is 0. The summed E-state index contributed by atoms with van der Waals surface area (Å²) < 4.78 is 2.42. The van der Waals surface area contributed by atoms with Crippen LogP contribution in [0.3, 0.4) is 0 Å². The van der Waals surface area contributed by atoms with Crippen molar-refractivity contribution < 1.29 is 0 Å². The quantitative estimate of drug-likeness (QED) is 0.205. The van der Waals surface area contributed by atoms with Gasteiger partial charge in [-0.15, -0.1) is 0 Å². The Balaban J connectivity index is 1.33. The molecule has 0 bridgehead atoms. The zero-order valence-electron chi connectivity index (χ0n) is 24.3. The van der Waals surface area contributed by atoms with Crippen molar-refractivity contribution >= 4 is 45.3 Å². The first-order valence-corrected chi connectivity index (χ1v) is 15.6. The Kier molecular flexibility index (Phi) is 5.83. The van der Waals surface area contributed by atoms with Crippen molar-refractivity contribution in [2.24, 2.45) is 0 Å². The number of hydrogen-bond acceptors (Lipinski definition) is 3. The molecule has 2 aromatic heterocycles. The lowest BCUT2D eigenvalue weighted by Crippen LogP contribution is -2.46. The molecule has 5 aromatic carbocycles. The predicted molar refractivity (Wildman–Crippen MR) is 182 cm³/mol. The molecule has 44 heavy (non-hydrogen) atoms. The third-order valence-corrected chi connectivity index (χ3v) is 9.33. The van der Waals surface area contributed by atoms with Gasteiger partial charge in [0.25, 0.3) is 6.71 Å². The van der Waals surface area contributed by atoms with Crippen LogP contribution < -0.4 is 11.2 Å². The largest absolute Gasteiger partial charge is 0.309 e. The van der Waals surface area contributed by atoms with Crippen LogP contribution in [0.4, 0.5) is 0 Å². The number of allylic oxidation sites excluding steroid dienone is 2. The lowest BCUT2D eigenvalue weighted by atomic mass is 9.40. The Hall–Kier alpha value is -5.29. The molecule has 0 unspecified atom stereocenters. The number of fused-ring (bicyclic) bond motifs is 6. The zero-order valence-corrected chi connectivity index (χ0v) is 24.3. The van der Waals surface area contributed by atoms with Crippen LogP contribution in [-0.2, 0) is 0 Å². The molecular formula is C39H29BN4. The molecule has 0 saturated heterocycles. The van der Waals surface area contributed by atoms with Gasteiger partial charge in [0.05, 0.1) is 11.0 Å². The van der Waals surface area contributed by atoms with Crippen LogP contribution in [0.15, 0.2) is 133 Å². The molecule has 4 nitrogen and oxygen atoms in total. The molecular weight excluding hydrogens is 535 g/mol. The molecule has 1 aliphatic carbocycles. The maximum Gasteiger partial charge on any atom is 0.287 e. The van der Waals surface area contributed by atoms with Crippen molar-refractivity contribution in [1.82, 2.24) is 19.5 Å². The Bertz CT molecular complexity index is 2160. The summed E-state index contributed by atoms with van der Waals surface area (Å²) in [6.45, 7) is 0.0106. The van der Waals surface area contributed by atoms with E-state index in [2.05, 4.69) is 95.6 Å². The van der Waals surface area contributed by atoms with E-state index in [0.717, 1.165) is 41.3 Å². The highest BCUT2D eigenvalue weighted by Crippen LogP contribution is 2.44. The molecule has 0 fully saturated rings. The average Bonchev–Trinajstić information content (AvgIpc) is 3.62. The number of rotatable bonds is 4. The molecule has 0 amide bonds. The number of para-hydroxylation sites is 2. The lowest BCUT2D eigenvalue weighted by molar-refractivity contribution is 0.735. The SMILES string of the molecule is c1ccc(-c2nc(B3C4=C(CCCC4)c4c3ccc3c4c4ccccc4n3-c3ccccc3)nc(-c3ccccc3)n2)cc1. The van der Waals surface area contributed by atoms with Crippen molar-refractivity contribution in [2.45, 2.75) is 25.7 Å². The van der Waals surface area contributed by atoms with Gasteiger partial charge < -0.3 is 4.57 Å². The molecule has 208 valence electrons. The second-order valence-electron chi connectivity index (χ2n) is 11.8. The lowest BCUT2D eigenvalue weighted by Gasteiger charge is -2.18. The minimum absolute atomic E-state index is 0.0106. The van der Waals surface area contributed by atoms with Crippen molar-refractivity contribution in [2.75, 3.05) is 0 Å². The highest BCUT2D eigenvalue weighted by molar-refractivity contribution is 6.93. The summed E-state index contributed by atoms with van der Waals surface area (Å²) in [5.41, 5.74) is 12.2. The van der Waals surface area contributed by atoms with E-state index in [9.17, 15) is 0 Å². The van der Waals surface area contributed by atoms with Gasteiger partial charge in [0.15, 0.2) is 11.6 Å². The van der Waals surface area contributed by atoms with Crippen molar-refractivity contribution in [3.8, 4) is 28.5 Å². The Labute approximate surface area is 256 Å². The fraction of sp³-hybridized carbons (Fsp3) is 0.103. The van der Waals surface area contributed by atoms with Gasteiger partial charge >= 0.3 is 0 Å². The van der Waals surface area contributed by atoms with E-state index in [1.54, 1.807) is 0 Å².